The number of hydrogen-bond acceptors (Lipinski definition) is 7. The van der Waals surface area contributed by atoms with Crippen molar-refractivity contribution in [1.29, 1.82) is 0 Å². The van der Waals surface area contributed by atoms with E-state index in [4.69, 9.17) is 14.6 Å². The van der Waals surface area contributed by atoms with Crippen LogP contribution < -0.4 is 15.0 Å². The molecule has 9 nitrogen and oxygen atoms in total. The van der Waals surface area contributed by atoms with Crippen LogP contribution in [0, 0.1) is 12.7 Å². The van der Waals surface area contributed by atoms with Crippen molar-refractivity contribution in [2.75, 3.05) is 62.8 Å². The van der Waals surface area contributed by atoms with E-state index >= 15 is 0 Å². The van der Waals surface area contributed by atoms with Crippen LogP contribution in [0.2, 0.25) is 0 Å². The maximum absolute atomic E-state index is 14.9. The third-order valence-electron chi connectivity index (χ3n) is 6.62. The number of benzene rings is 1. The average Bonchev–Trinajstić information content (AvgIpc) is 2.88. The van der Waals surface area contributed by atoms with Gasteiger partial charge in [0.15, 0.2) is 5.60 Å². The second-order valence-electron chi connectivity index (χ2n) is 9.36. The van der Waals surface area contributed by atoms with Crippen molar-refractivity contribution in [2.45, 2.75) is 31.5 Å². The van der Waals surface area contributed by atoms with Gasteiger partial charge in [0.1, 0.15) is 18.2 Å². The van der Waals surface area contributed by atoms with Crippen molar-refractivity contribution in [3.63, 3.8) is 0 Å². The number of likely N-dealkylation sites (tertiary alicyclic amines) is 1. The number of piperidine rings is 1. The molecule has 1 aromatic heterocycles. The lowest BCUT2D eigenvalue weighted by Gasteiger charge is -2.39. The predicted molar refractivity (Wildman–Crippen MR) is 131 cm³/mol. The molecule has 1 unspecified atom stereocenters. The van der Waals surface area contributed by atoms with Gasteiger partial charge in [0.2, 0.25) is 5.88 Å². The molecule has 2 aromatic rings. The molecule has 2 aliphatic rings. The number of aryl methyl sites for hydroxylation is 1. The zero-order valence-electron chi connectivity index (χ0n) is 20.9. The van der Waals surface area contributed by atoms with E-state index in [9.17, 15) is 27.5 Å². The predicted octanol–water partition coefficient (Wildman–Crippen LogP) is 3.32. The molecule has 3 N–H and O–H groups in total. The molecule has 4 rings (SSSR count). The van der Waals surface area contributed by atoms with E-state index < -0.39 is 36.6 Å². The van der Waals surface area contributed by atoms with Gasteiger partial charge in [0, 0.05) is 25.7 Å². The molecule has 1 aromatic carbocycles. The van der Waals surface area contributed by atoms with Crippen molar-refractivity contribution < 1.29 is 42.0 Å². The minimum atomic E-state index is -4.90. The Kier molecular flexibility index (Phi) is 8.28. The summed E-state index contributed by atoms with van der Waals surface area (Å²) >= 11 is 0. The Morgan fingerprint density at radius 2 is 1.95 bits per heavy atom. The number of hydrogen-bond donors (Lipinski definition) is 3. The van der Waals surface area contributed by atoms with Gasteiger partial charge in [0.25, 0.3) is 0 Å². The number of β-amino-alcohol motifs (C(OH)–C–C–N with tert-alkyl or cyclic N) is 1. The molecule has 0 aliphatic carbocycles. The Balaban J connectivity index is 1.63. The highest BCUT2D eigenvalue weighted by molar-refractivity contribution is 5.91. The highest BCUT2D eigenvalue weighted by Gasteiger charge is 2.56. The van der Waals surface area contributed by atoms with E-state index in [1.54, 1.807) is 19.1 Å². The number of aliphatic hydroxyl groups excluding tert-OH is 1. The van der Waals surface area contributed by atoms with Crippen LogP contribution in [-0.2, 0) is 4.74 Å². The van der Waals surface area contributed by atoms with E-state index in [1.807, 2.05) is 4.90 Å². The van der Waals surface area contributed by atoms with Gasteiger partial charge in [0.05, 0.1) is 32.1 Å². The number of anilines is 2. The van der Waals surface area contributed by atoms with Gasteiger partial charge in [-0.3, -0.25) is 0 Å². The molecule has 0 bridgehead atoms. The molecule has 1 atom stereocenters. The molecule has 2 saturated heterocycles. The van der Waals surface area contributed by atoms with E-state index in [2.05, 4.69) is 10.3 Å². The summed E-state index contributed by atoms with van der Waals surface area (Å²) in [6, 6.07) is 5.08. The third kappa shape index (κ3) is 6.11. The number of ether oxygens (including phenoxy) is 2. The minimum absolute atomic E-state index is 0.0105. The van der Waals surface area contributed by atoms with Gasteiger partial charge in [-0.1, -0.05) is 0 Å². The SMILES string of the molecule is Cc1cc(F)c(NC(=O)N2CCCC(O)(C(F)(F)F)C2)cc1-c1cc(OCCO)nc(N2CCOCC2)c1. The molecular weight excluding hydrogens is 512 g/mol. The Labute approximate surface area is 217 Å². The molecule has 3 heterocycles. The van der Waals surface area contributed by atoms with E-state index in [1.165, 1.54) is 12.1 Å². The second-order valence-corrected chi connectivity index (χ2v) is 9.36. The number of alkyl halides is 3. The van der Waals surface area contributed by atoms with E-state index in [-0.39, 0.29) is 37.7 Å². The quantitative estimate of drug-likeness (QED) is 0.481. The van der Waals surface area contributed by atoms with Crippen molar-refractivity contribution in [3.8, 4) is 17.0 Å². The standard InChI is InChI=1S/C25H30F4N4O5/c1-16-11-19(26)20(30-23(35)33-4-2-3-24(36,15-33)25(27,28)29)14-18(16)17-12-21(32-5-8-37-9-6-32)31-22(13-17)38-10-7-34/h11-14,34,36H,2-10,15H2,1H3,(H,30,35). The number of carbonyl (C=O) groups excluding carboxylic acids is 1. The summed E-state index contributed by atoms with van der Waals surface area (Å²) in [4.78, 5) is 20.1. The van der Waals surface area contributed by atoms with Crippen molar-refractivity contribution in [2.24, 2.45) is 0 Å². The van der Waals surface area contributed by atoms with E-state index in [0.717, 1.165) is 4.90 Å². The van der Waals surface area contributed by atoms with Crippen LogP contribution in [0.25, 0.3) is 11.1 Å². The normalized spacial score (nSPS) is 20.4. The number of aliphatic hydroxyl groups is 2. The Bertz CT molecular complexity index is 1160. The Hall–Kier alpha value is -3.16. The van der Waals surface area contributed by atoms with Gasteiger partial charge in [-0.2, -0.15) is 18.2 Å². The monoisotopic (exact) mass is 542 g/mol. The van der Waals surface area contributed by atoms with Crippen LogP contribution in [0.4, 0.5) is 33.9 Å². The Morgan fingerprint density at radius 3 is 2.63 bits per heavy atom. The number of nitrogens with zero attached hydrogens (tertiary/aromatic N) is 3. The van der Waals surface area contributed by atoms with Crippen LogP contribution in [-0.4, -0.2) is 90.5 Å². The Morgan fingerprint density at radius 1 is 1.21 bits per heavy atom. The average molecular weight is 543 g/mol. The summed E-state index contributed by atoms with van der Waals surface area (Å²) in [7, 11) is 0. The first-order valence-corrected chi connectivity index (χ1v) is 12.2. The number of rotatable bonds is 6. The number of carbonyl (C=O) groups is 1. The summed E-state index contributed by atoms with van der Waals surface area (Å²) in [6.07, 6.45) is -5.47. The van der Waals surface area contributed by atoms with Crippen LogP contribution in [0.15, 0.2) is 24.3 Å². The highest BCUT2D eigenvalue weighted by Crippen LogP contribution is 2.38. The largest absolute Gasteiger partial charge is 0.475 e. The maximum atomic E-state index is 14.9. The highest BCUT2D eigenvalue weighted by atomic mass is 19.4. The smallest absolute Gasteiger partial charge is 0.418 e. The number of halogens is 4. The molecule has 0 radical (unpaired) electrons. The van der Waals surface area contributed by atoms with Crippen LogP contribution in [0.5, 0.6) is 5.88 Å². The van der Waals surface area contributed by atoms with Crippen LogP contribution in [0.3, 0.4) is 0 Å². The third-order valence-corrected chi connectivity index (χ3v) is 6.62. The fourth-order valence-electron chi connectivity index (χ4n) is 4.54. The molecule has 13 heteroatoms. The number of morpholine rings is 1. The van der Waals surface area contributed by atoms with Gasteiger partial charge < -0.3 is 34.8 Å². The molecule has 2 amide bonds. The lowest BCUT2D eigenvalue weighted by molar-refractivity contribution is -0.271. The fraction of sp³-hybridized carbons (Fsp3) is 0.520. The molecule has 2 fully saturated rings. The molecule has 38 heavy (non-hydrogen) atoms. The van der Waals surface area contributed by atoms with Gasteiger partial charge in [-0.05, 0) is 54.7 Å². The summed E-state index contributed by atoms with van der Waals surface area (Å²) in [5, 5.41) is 21.6. The van der Waals surface area contributed by atoms with Crippen molar-refractivity contribution in [1.82, 2.24) is 9.88 Å². The number of urea groups is 1. The topological polar surface area (TPSA) is 107 Å². The molecular formula is C25H30F4N4O5. The lowest BCUT2D eigenvalue weighted by Crippen LogP contribution is -2.58. The van der Waals surface area contributed by atoms with Crippen LogP contribution in [0.1, 0.15) is 18.4 Å². The zero-order chi connectivity index (χ0) is 27.5. The number of nitrogens with one attached hydrogen (secondary N) is 1. The fourth-order valence-corrected chi connectivity index (χ4v) is 4.54. The minimum Gasteiger partial charge on any atom is -0.475 e. The van der Waals surface area contributed by atoms with Crippen molar-refractivity contribution >= 4 is 17.5 Å². The maximum Gasteiger partial charge on any atom is 0.418 e. The van der Waals surface area contributed by atoms with Crippen molar-refractivity contribution in [3.05, 3.63) is 35.6 Å². The lowest BCUT2D eigenvalue weighted by atomic mass is 9.92. The number of amides is 2. The summed E-state index contributed by atoms with van der Waals surface area (Å²) < 4.78 is 65.8. The van der Waals surface area contributed by atoms with Gasteiger partial charge >= 0.3 is 12.2 Å². The molecule has 0 saturated carbocycles. The first-order valence-electron chi connectivity index (χ1n) is 12.2. The molecule has 208 valence electrons. The number of pyridine rings is 1. The number of aromatic nitrogens is 1. The summed E-state index contributed by atoms with van der Waals surface area (Å²) in [5.41, 5.74) is -1.56. The van der Waals surface area contributed by atoms with Gasteiger partial charge in [-0.25, -0.2) is 9.18 Å². The van der Waals surface area contributed by atoms with Gasteiger partial charge in [-0.15, -0.1) is 0 Å². The zero-order valence-corrected chi connectivity index (χ0v) is 20.9. The van der Waals surface area contributed by atoms with E-state index in [0.29, 0.717) is 48.8 Å². The van der Waals surface area contributed by atoms with Crippen LogP contribution >= 0.6 is 0 Å². The second kappa shape index (κ2) is 11.3. The summed E-state index contributed by atoms with van der Waals surface area (Å²) in [6.45, 7) is 2.76. The molecule has 0 spiro atoms. The first kappa shape index (κ1) is 27.9. The first-order chi connectivity index (χ1) is 18.0. The summed E-state index contributed by atoms with van der Waals surface area (Å²) in [5.74, 6) is 0.0711. The molecule has 2 aliphatic heterocycles.